The van der Waals surface area contributed by atoms with E-state index in [4.69, 9.17) is 20.2 Å². The van der Waals surface area contributed by atoms with Crippen molar-refractivity contribution in [2.75, 3.05) is 37.4 Å². The third kappa shape index (κ3) is 4.30. The van der Waals surface area contributed by atoms with Gasteiger partial charge in [-0.1, -0.05) is 6.07 Å². The van der Waals surface area contributed by atoms with Gasteiger partial charge >= 0.3 is 6.01 Å². The van der Waals surface area contributed by atoms with Crippen LogP contribution in [0.3, 0.4) is 0 Å². The highest BCUT2D eigenvalue weighted by atomic mass is 16.5. The van der Waals surface area contributed by atoms with Gasteiger partial charge in [0, 0.05) is 32.8 Å². The number of nitrogens with zero attached hydrogens (tertiary/aromatic N) is 6. The summed E-state index contributed by atoms with van der Waals surface area (Å²) in [5, 5.41) is 4.48. The van der Waals surface area contributed by atoms with E-state index in [1.54, 1.807) is 17.8 Å². The Balaban J connectivity index is 1.57. The molecule has 4 heterocycles. The number of pyridine rings is 1. The first-order chi connectivity index (χ1) is 14.5. The van der Waals surface area contributed by atoms with E-state index in [0.29, 0.717) is 18.7 Å². The average molecular weight is 412 g/mol. The number of rotatable bonds is 7. The molecule has 0 aliphatic carbocycles. The monoisotopic (exact) mass is 411 g/mol. The Bertz CT molecular complexity index is 1010. The normalized spacial score (nSPS) is 15.5. The highest BCUT2D eigenvalue weighted by Crippen LogP contribution is 2.23. The molecule has 4 rings (SSSR count). The quantitative estimate of drug-likeness (QED) is 0.632. The summed E-state index contributed by atoms with van der Waals surface area (Å²) in [7, 11) is 1.62. The minimum Gasteiger partial charge on any atom is -0.457 e. The molecule has 0 bridgehead atoms. The Morgan fingerprint density at radius 3 is 2.70 bits per heavy atom. The lowest BCUT2D eigenvalue weighted by Crippen LogP contribution is -2.30. The Hall–Kier alpha value is -2.94. The van der Waals surface area contributed by atoms with E-state index in [9.17, 15) is 0 Å². The van der Waals surface area contributed by atoms with Crippen LogP contribution in [0.25, 0.3) is 5.65 Å². The van der Waals surface area contributed by atoms with Crippen molar-refractivity contribution in [1.82, 2.24) is 24.6 Å². The number of ether oxygens (including phenoxy) is 2. The summed E-state index contributed by atoms with van der Waals surface area (Å²) in [6.07, 6.45) is 7.95. The largest absolute Gasteiger partial charge is 0.457 e. The van der Waals surface area contributed by atoms with E-state index in [-0.39, 0.29) is 17.9 Å². The topological polar surface area (TPSA) is 104 Å². The molecule has 1 unspecified atom stereocenters. The van der Waals surface area contributed by atoms with Gasteiger partial charge in [0.15, 0.2) is 11.5 Å². The van der Waals surface area contributed by atoms with Gasteiger partial charge in [0.25, 0.3) is 0 Å². The number of piperidine rings is 1. The number of nitrogens with two attached hydrogens (primary N) is 1. The summed E-state index contributed by atoms with van der Waals surface area (Å²) in [6.45, 7) is 6.62. The van der Waals surface area contributed by atoms with Gasteiger partial charge in [-0.25, -0.2) is 14.5 Å². The van der Waals surface area contributed by atoms with E-state index >= 15 is 0 Å². The number of aryl methyl sites for hydroxylation is 1. The van der Waals surface area contributed by atoms with Gasteiger partial charge in [-0.05, 0) is 44.2 Å². The smallest absolute Gasteiger partial charge is 0.336 e. The Kier molecular flexibility index (Phi) is 5.98. The number of anilines is 2. The molecule has 0 amide bonds. The van der Waals surface area contributed by atoms with Crippen molar-refractivity contribution in [3.63, 3.8) is 0 Å². The molecule has 1 atom stereocenters. The molecule has 0 spiro atoms. The van der Waals surface area contributed by atoms with Gasteiger partial charge in [0.1, 0.15) is 11.9 Å². The molecule has 1 aliphatic rings. The molecule has 1 fully saturated rings. The Labute approximate surface area is 176 Å². The number of imidazole rings is 1. The zero-order valence-corrected chi connectivity index (χ0v) is 17.8. The lowest BCUT2D eigenvalue weighted by Gasteiger charge is -2.29. The zero-order chi connectivity index (χ0) is 21.1. The molecule has 0 aromatic carbocycles. The van der Waals surface area contributed by atoms with E-state index in [1.807, 2.05) is 13.1 Å². The second kappa shape index (κ2) is 8.83. The second-order valence-corrected chi connectivity index (χ2v) is 7.86. The van der Waals surface area contributed by atoms with E-state index in [2.05, 4.69) is 33.0 Å². The van der Waals surface area contributed by atoms with Crippen LogP contribution in [0, 0.1) is 6.92 Å². The lowest BCUT2D eigenvalue weighted by molar-refractivity contribution is 0.0846. The molecule has 2 N–H and O–H groups in total. The first-order valence-corrected chi connectivity index (χ1v) is 10.4. The van der Waals surface area contributed by atoms with E-state index < -0.39 is 0 Å². The maximum atomic E-state index is 6.08. The van der Waals surface area contributed by atoms with Gasteiger partial charge < -0.3 is 20.1 Å². The van der Waals surface area contributed by atoms with Crippen LogP contribution in [0.2, 0.25) is 0 Å². The molecule has 1 saturated heterocycles. The van der Waals surface area contributed by atoms with Gasteiger partial charge in [-0.2, -0.15) is 4.98 Å². The summed E-state index contributed by atoms with van der Waals surface area (Å²) in [6, 6.07) is 2.40. The molecule has 160 valence electrons. The minimum atomic E-state index is -0.187. The molecule has 3 aromatic heterocycles. The number of hydrogen-bond acceptors (Lipinski definition) is 8. The van der Waals surface area contributed by atoms with Crippen molar-refractivity contribution >= 4 is 17.3 Å². The van der Waals surface area contributed by atoms with Gasteiger partial charge in [0.05, 0.1) is 18.5 Å². The fourth-order valence-electron chi connectivity index (χ4n) is 3.92. The average Bonchev–Trinajstić information content (AvgIpc) is 3.12. The highest BCUT2D eigenvalue weighted by molar-refractivity contribution is 5.60. The maximum Gasteiger partial charge on any atom is 0.336 e. The Morgan fingerprint density at radius 1 is 1.17 bits per heavy atom. The van der Waals surface area contributed by atoms with Crippen molar-refractivity contribution < 1.29 is 9.47 Å². The predicted octanol–water partition coefficient (Wildman–Crippen LogP) is 2.40. The van der Waals surface area contributed by atoms with Crippen LogP contribution in [0.4, 0.5) is 11.6 Å². The molecule has 9 nitrogen and oxygen atoms in total. The van der Waals surface area contributed by atoms with Crippen LogP contribution < -0.4 is 15.4 Å². The predicted molar refractivity (Wildman–Crippen MR) is 115 cm³/mol. The van der Waals surface area contributed by atoms with Gasteiger partial charge in [-0.15, -0.1) is 5.10 Å². The second-order valence-electron chi connectivity index (χ2n) is 7.86. The van der Waals surface area contributed by atoms with Crippen LogP contribution in [-0.2, 0) is 11.2 Å². The molecule has 9 heteroatoms. The van der Waals surface area contributed by atoms with E-state index in [0.717, 1.165) is 30.2 Å². The molecular formula is C21H29N7O2. The van der Waals surface area contributed by atoms with Crippen molar-refractivity contribution in [1.29, 1.82) is 0 Å². The molecule has 0 saturated carbocycles. The summed E-state index contributed by atoms with van der Waals surface area (Å²) in [5.74, 6) is 1.37. The third-order valence-electron chi connectivity index (χ3n) is 5.30. The van der Waals surface area contributed by atoms with Crippen LogP contribution in [0.5, 0.6) is 6.01 Å². The van der Waals surface area contributed by atoms with Crippen LogP contribution in [0.15, 0.2) is 18.5 Å². The number of aromatic nitrogens is 5. The van der Waals surface area contributed by atoms with Crippen LogP contribution >= 0.6 is 0 Å². The van der Waals surface area contributed by atoms with Gasteiger partial charge in [-0.3, -0.25) is 0 Å². The standard InChI is InChI=1S/C21H29N7O2/c1-14-9-16(11-23-19(14)27-7-5-4-6-8-27)10-17-12-24-20-18(22)25-21(26-28(17)20)30-15(2)13-29-3/h9,11-12,15H,4-8,10,13H2,1-3H3,(H2,22,25,26). The molecule has 3 aromatic rings. The van der Waals surface area contributed by atoms with Crippen molar-refractivity contribution in [2.45, 2.75) is 45.6 Å². The van der Waals surface area contributed by atoms with Crippen molar-refractivity contribution in [3.8, 4) is 6.01 Å². The number of fused-ring (bicyclic) bond motifs is 1. The first kappa shape index (κ1) is 20.3. The Morgan fingerprint density at radius 2 is 1.97 bits per heavy atom. The minimum absolute atomic E-state index is 0.187. The lowest BCUT2D eigenvalue weighted by atomic mass is 10.1. The molecule has 0 radical (unpaired) electrons. The summed E-state index contributed by atoms with van der Waals surface area (Å²) < 4.78 is 12.5. The van der Waals surface area contributed by atoms with E-state index in [1.165, 1.54) is 24.8 Å². The highest BCUT2D eigenvalue weighted by Gasteiger charge is 2.17. The fourth-order valence-corrected chi connectivity index (χ4v) is 3.92. The first-order valence-electron chi connectivity index (χ1n) is 10.4. The molecule has 30 heavy (non-hydrogen) atoms. The van der Waals surface area contributed by atoms with Crippen LogP contribution in [-0.4, -0.2) is 57.5 Å². The van der Waals surface area contributed by atoms with Crippen molar-refractivity contribution in [3.05, 3.63) is 35.3 Å². The molecular weight excluding hydrogens is 382 g/mol. The zero-order valence-electron chi connectivity index (χ0n) is 17.8. The third-order valence-corrected chi connectivity index (χ3v) is 5.30. The fraction of sp³-hybridized carbons (Fsp3) is 0.524. The summed E-state index contributed by atoms with van der Waals surface area (Å²) in [4.78, 5) is 15.7. The van der Waals surface area contributed by atoms with Crippen LogP contribution in [0.1, 0.15) is 43.0 Å². The number of methoxy groups -OCH3 is 1. The summed E-state index contributed by atoms with van der Waals surface area (Å²) >= 11 is 0. The van der Waals surface area contributed by atoms with Gasteiger partial charge in [0.2, 0.25) is 0 Å². The number of hydrogen-bond donors (Lipinski definition) is 1. The van der Waals surface area contributed by atoms with Crippen molar-refractivity contribution in [2.24, 2.45) is 0 Å². The number of nitrogen functional groups attached to an aromatic ring is 1. The SMILES string of the molecule is COCC(C)Oc1nc(N)c2ncc(Cc3cnc(N4CCCCC4)c(C)c3)n2n1. The summed E-state index contributed by atoms with van der Waals surface area (Å²) in [5.41, 5.74) is 9.78. The maximum absolute atomic E-state index is 6.08. The molecule has 1 aliphatic heterocycles.